The van der Waals surface area contributed by atoms with Crippen LogP contribution in [0.25, 0.3) is 27.8 Å². The van der Waals surface area contributed by atoms with E-state index in [1.807, 2.05) is 71.3 Å². The number of carbonyl (C=O) groups is 1. The Morgan fingerprint density at radius 3 is 1.97 bits per heavy atom. The zero-order valence-corrected chi connectivity index (χ0v) is 17.8. The average molecular weight is 436 g/mol. The van der Waals surface area contributed by atoms with E-state index in [-0.39, 0.29) is 16.8 Å². The van der Waals surface area contributed by atoms with Gasteiger partial charge in [-0.2, -0.15) is 0 Å². The number of halogens is 1. The van der Waals surface area contributed by atoms with Gasteiger partial charge in [-0.3, -0.25) is 9.59 Å². The summed E-state index contributed by atoms with van der Waals surface area (Å²) >= 11 is 6.15. The number of hydrogen-bond donors (Lipinski definition) is 0. The Bertz CT molecular complexity index is 1490. The zero-order chi connectivity index (χ0) is 22.1. The lowest BCUT2D eigenvalue weighted by Crippen LogP contribution is -2.22. The molecular weight excluding hydrogens is 418 g/mol. The highest BCUT2D eigenvalue weighted by atomic mass is 35.5. The highest BCUT2D eigenvalue weighted by molar-refractivity contribution is 6.30. The summed E-state index contributed by atoms with van der Waals surface area (Å²) in [6.07, 6.45) is 0. The van der Waals surface area contributed by atoms with Crippen LogP contribution in [-0.4, -0.2) is 10.4 Å². The number of benzene rings is 4. The Balaban J connectivity index is 1.97. The number of para-hydroxylation sites is 2. The molecule has 0 aliphatic carbocycles. The van der Waals surface area contributed by atoms with Crippen molar-refractivity contribution in [3.8, 4) is 16.9 Å². The first kappa shape index (κ1) is 20.0. The fraction of sp³-hybridized carbons (Fsp3) is 0. The van der Waals surface area contributed by atoms with Crippen molar-refractivity contribution in [3.63, 3.8) is 0 Å². The van der Waals surface area contributed by atoms with Crippen LogP contribution in [0.5, 0.6) is 0 Å². The van der Waals surface area contributed by atoms with Crippen molar-refractivity contribution < 1.29 is 4.79 Å². The molecule has 1 aromatic heterocycles. The number of carbonyl (C=O) groups excluding carboxylic acids is 1. The SMILES string of the molecule is O=C(c1ccccc1)c1c(-c2ccc(Cl)cc2)n(-c2ccccc2)c2ccccc2c1=O. The Morgan fingerprint density at radius 2 is 1.28 bits per heavy atom. The van der Waals surface area contributed by atoms with E-state index in [2.05, 4.69) is 0 Å². The number of pyridine rings is 1. The van der Waals surface area contributed by atoms with Gasteiger partial charge in [0.05, 0.1) is 16.8 Å². The Hall–Kier alpha value is -3.95. The van der Waals surface area contributed by atoms with Crippen LogP contribution in [0.3, 0.4) is 0 Å². The number of aromatic nitrogens is 1. The zero-order valence-electron chi connectivity index (χ0n) is 17.0. The highest BCUT2D eigenvalue weighted by Gasteiger charge is 2.25. The van der Waals surface area contributed by atoms with Crippen LogP contribution < -0.4 is 5.43 Å². The molecule has 0 spiro atoms. The fourth-order valence-corrected chi connectivity index (χ4v) is 4.13. The molecule has 0 unspecified atom stereocenters. The lowest BCUT2D eigenvalue weighted by Gasteiger charge is -2.21. The molecule has 3 nitrogen and oxygen atoms in total. The topological polar surface area (TPSA) is 39.1 Å². The summed E-state index contributed by atoms with van der Waals surface area (Å²) in [5, 5.41) is 1.08. The molecule has 4 heteroatoms. The maximum absolute atomic E-state index is 13.7. The van der Waals surface area contributed by atoms with Crippen LogP contribution in [0.1, 0.15) is 15.9 Å². The number of rotatable bonds is 4. The van der Waals surface area contributed by atoms with Gasteiger partial charge >= 0.3 is 0 Å². The third-order valence-corrected chi connectivity index (χ3v) is 5.72. The number of fused-ring (bicyclic) bond motifs is 1. The van der Waals surface area contributed by atoms with Crippen LogP contribution >= 0.6 is 11.6 Å². The van der Waals surface area contributed by atoms with Gasteiger partial charge in [-0.05, 0) is 42.0 Å². The summed E-state index contributed by atoms with van der Waals surface area (Å²) in [4.78, 5) is 27.4. The first-order valence-electron chi connectivity index (χ1n) is 10.2. The molecule has 0 saturated heterocycles. The van der Waals surface area contributed by atoms with Crippen molar-refractivity contribution in [1.82, 2.24) is 4.57 Å². The van der Waals surface area contributed by atoms with E-state index in [1.165, 1.54) is 0 Å². The number of ketones is 1. The van der Waals surface area contributed by atoms with Crippen LogP contribution in [-0.2, 0) is 0 Å². The maximum Gasteiger partial charge on any atom is 0.201 e. The molecular formula is C28H18ClNO2. The Labute approximate surface area is 190 Å². The second-order valence-electron chi connectivity index (χ2n) is 7.44. The van der Waals surface area contributed by atoms with Gasteiger partial charge in [0.25, 0.3) is 0 Å². The van der Waals surface area contributed by atoms with Crippen molar-refractivity contribution in [2.24, 2.45) is 0 Å². The molecule has 32 heavy (non-hydrogen) atoms. The molecule has 0 radical (unpaired) electrons. The quantitative estimate of drug-likeness (QED) is 0.300. The Kier molecular flexibility index (Phi) is 5.18. The molecule has 0 atom stereocenters. The van der Waals surface area contributed by atoms with Gasteiger partial charge in [0.15, 0.2) is 5.78 Å². The van der Waals surface area contributed by atoms with E-state index >= 15 is 0 Å². The minimum Gasteiger partial charge on any atom is -0.308 e. The molecule has 5 rings (SSSR count). The molecule has 0 amide bonds. The maximum atomic E-state index is 13.7. The van der Waals surface area contributed by atoms with Crippen molar-refractivity contribution in [2.75, 3.05) is 0 Å². The summed E-state index contributed by atoms with van der Waals surface area (Å²) in [5.74, 6) is -0.309. The first-order chi connectivity index (χ1) is 15.6. The number of hydrogen-bond acceptors (Lipinski definition) is 2. The summed E-state index contributed by atoms with van der Waals surface area (Å²) in [5.41, 5.74) is 3.20. The standard InChI is InChI=1S/C28H18ClNO2/c29-21-17-15-19(16-18-21)26-25(27(31)20-9-3-1-4-10-20)28(32)23-13-7-8-14-24(23)30(26)22-11-5-2-6-12-22/h1-18H. The third-order valence-electron chi connectivity index (χ3n) is 5.47. The Morgan fingerprint density at radius 1 is 0.688 bits per heavy atom. The molecule has 0 aliphatic rings. The van der Waals surface area contributed by atoms with Gasteiger partial charge in [-0.1, -0.05) is 84.4 Å². The highest BCUT2D eigenvalue weighted by Crippen LogP contribution is 2.31. The van der Waals surface area contributed by atoms with Crippen LogP contribution in [0, 0.1) is 0 Å². The van der Waals surface area contributed by atoms with Crippen LogP contribution in [0.15, 0.2) is 114 Å². The van der Waals surface area contributed by atoms with Gasteiger partial charge < -0.3 is 4.57 Å². The third kappa shape index (κ3) is 3.43. The predicted molar refractivity (Wildman–Crippen MR) is 130 cm³/mol. The molecule has 154 valence electrons. The van der Waals surface area contributed by atoms with Crippen molar-refractivity contribution in [2.45, 2.75) is 0 Å². The van der Waals surface area contributed by atoms with Gasteiger partial charge in [0.2, 0.25) is 5.43 Å². The molecule has 0 N–H and O–H groups in total. The molecule has 0 fully saturated rings. The van der Waals surface area contributed by atoms with Crippen molar-refractivity contribution in [3.05, 3.63) is 136 Å². The molecule has 0 saturated carbocycles. The van der Waals surface area contributed by atoms with Crippen molar-refractivity contribution in [1.29, 1.82) is 0 Å². The normalized spacial score (nSPS) is 10.9. The lowest BCUT2D eigenvalue weighted by atomic mass is 9.95. The molecule has 4 aromatic carbocycles. The molecule has 0 bridgehead atoms. The summed E-state index contributed by atoms with van der Waals surface area (Å²) < 4.78 is 1.98. The van der Waals surface area contributed by atoms with Gasteiger partial charge in [0.1, 0.15) is 0 Å². The summed E-state index contributed by atoms with van der Waals surface area (Å²) in [7, 11) is 0. The van der Waals surface area contributed by atoms with E-state index in [4.69, 9.17) is 11.6 Å². The summed E-state index contributed by atoms with van der Waals surface area (Å²) in [6.45, 7) is 0. The van der Waals surface area contributed by atoms with Gasteiger partial charge in [0, 0.05) is 21.7 Å². The van der Waals surface area contributed by atoms with Crippen LogP contribution in [0.2, 0.25) is 5.02 Å². The molecule has 0 aliphatic heterocycles. The monoisotopic (exact) mass is 435 g/mol. The minimum atomic E-state index is -0.309. The lowest BCUT2D eigenvalue weighted by molar-refractivity contribution is 0.103. The van der Waals surface area contributed by atoms with E-state index in [9.17, 15) is 9.59 Å². The fourth-order valence-electron chi connectivity index (χ4n) is 4.01. The van der Waals surface area contributed by atoms with Crippen LogP contribution in [0.4, 0.5) is 0 Å². The van der Waals surface area contributed by atoms with Gasteiger partial charge in [-0.15, -0.1) is 0 Å². The first-order valence-corrected chi connectivity index (χ1v) is 10.6. The van der Waals surface area contributed by atoms with E-state index in [1.54, 1.807) is 42.5 Å². The second-order valence-corrected chi connectivity index (χ2v) is 7.88. The summed E-state index contributed by atoms with van der Waals surface area (Å²) in [6, 6.07) is 33.2. The van der Waals surface area contributed by atoms with E-state index in [0.717, 1.165) is 16.8 Å². The smallest absolute Gasteiger partial charge is 0.201 e. The predicted octanol–water partition coefficient (Wildman–Crippen LogP) is 6.54. The minimum absolute atomic E-state index is 0.140. The van der Waals surface area contributed by atoms with E-state index < -0.39 is 0 Å². The van der Waals surface area contributed by atoms with Gasteiger partial charge in [-0.25, -0.2) is 0 Å². The molecule has 5 aromatic rings. The number of nitrogens with zero attached hydrogens (tertiary/aromatic N) is 1. The van der Waals surface area contributed by atoms with E-state index in [0.29, 0.717) is 21.7 Å². The van der Waals surface area contributed by atoms with Crippen molar-refractivity contribution >= 4 is 28.3 Å². The largest absolute Gasteiger partial charge is 0.308 e. The molecule has 1 heterocycles. The average Bonchev–Trinajstić information content (AvgIpc) is 2.85. The second kappa shape index (κ2) is 8.29.